The van der Waals surface area contributed by atoms with Gasteiger partial charge < -0.3 is 19.9 Å². The number of nitrogens with one attached hydrogen (secondary N) is 2. The number of carbonyl (C=O) groups is 2. The summed E-state index contributed by atoms with van der Waals surface area (Å²) in [6.07, 6.45) is 3.24. The number of anilines is 2. The van der Waals surface area contributed by atoms with Crippen molar-refractivity contribution >= 4 is 23.2 Å². The molecule has 3 aromatic carbocycles. The van der Waals surface area contributed by atoms with Gasteiger partial charge in [0.05, 0.1) is 25.5 Å². The minimum absolute atomic E-state index is 0.0927. The average Bonchev–Trinajstić information content (AvgIpc) is 3.31. The molecular weight excluding hydrogens is 454 g/mol. The Bertz CT molecular complexity index is 1350. The molecule has 178 valence electrons. The molecule has 35 heavy (non-hydrogen) atoms. The Morgan fingerprint density at radius 1 is 0.971 bits per heavy atom. The van der Waals surface area contributed by atoms with Crippen LogP contribution in [-0.4, -0.2) is 28.5 Å². The highest BCUT2D eigenvalue weighted by Crippen LogP contribution is 2.17. The highest BCUT2D eigenvalue weighted by molar-refractivity contribution is 6.02. The molecule has 2 N–H and O–H groups in total. The number of aromatic nitrogens is 2. The molecule has 0 bridgehead atoms. The van der Waals surface area contributed by atoms with E-state index in [4.69, 9.17) is 4.74 Å². The van der Waals surface area contributed by atoms with Crippen LogP contribution in [0.3, 0.4) is 0 Å². The van der Waals surface area contributed by atoms with Crippen molar-refractivity contribution in [2.75, 3.05) is 17.7 Å². The van der Waals surface area contributed by atoms with Gasteiger partial charge >= 0.3 is 0 Å². The molecule has 4 aromatic rings. The van der Waals surface area contributed by atoms with Gasteiger partial charge in [0, 0.05) is 24.5 Å². The molecule has 0 aliphatic heterocycles. The van der Waals surface area contributed by atoms with Crippen LogP contribution in [0.5, 0.6) is 5.75 Å². The first-order valence-electron chi connectivity index (χ1n) is 10.7. The van der Waals surface area contributed by atoms with Crippen LogP contribution < -0.4 is 15.4 Å². The van der Waals surface area contributed by atoms with Crippen LogP contribution in [0, 0.1) is 11.6 Å². The molecule has 0 radical (unpaired) electrons. The SMILES string of the molecule is COc1cccc(CC(=O)Nc2ccc(Cn3cnc(C(=O)Nc4ccc(F)cc4F)c3)cc2)c1. The van der Waals surface area contributed by atoms with Gasteiger partial charge in [-0.2, -0.15) is 0 Å². The second-order valence-electron chi connectivity index (χ2n) is 7.78. The van der Waals surface area contributed by atoms with Crippen molar-refractivity contribution in [3.05, 3.63) is 108 Å². The molecule has 0 unspecified atom stereocenters. The minimum atomic E-state index is -0.867. The second kappa shape index (κ2) is 10.6. The number of amides is 2. The van der Waals surface area contributed by atoms with E-state index in [0.717, 1.165) is 23.3 Å². The molecule has 9 heteroatoms. The van der Waals surface area contributed by atoms with E-state index in [2.05, 4.69) is 15.6 Å². The quantitative estimate of drug-likeness (QED) is 0.388. The third-order valence-corrected chi connectivity index (χ3v) is 5.15. The minimum Gasteiger partial charge on any atom is -0.497 e. The molecule has 2 amide bonds. The van der Waals surface area contributed by atoms with E-state index in [1.165, 1.54) is 12.5 Å². The van der Waals surface area contributed by atoms with Gasteiger partial charge in [0.1, 0.15) is 23.1 Å². The molecular formula is C26H22F2N4O3. The van der Waals surface area contributed by atoms with Gasteiger partial charge in [-0.05, 0) is 47.5 Å². The van der Waals surface area contributed by atoms with Crippen molar-refractivity contribution in [2.45, 2.75) is 13.0 Å². The standard InChI is InChI=1S/C26H22F2N4O3/c1-35-21-4-2-3-18(11-21)12-25(33)30-20-8-5-17(6-9-20)14-32-15-24(29-16-32)26(34)31-23-10-7-19(27)13-22(23)28/h2-11,13,15-16H,12,14H2,1H3,(H,30,33)(H,31,34). The van der Waals surface area contributed by atoms with Gasteiger partial charge in [0.25, 0.3) is 5.91 Å². The molecule has 4 rings (SSSR count). The van der Waals surface area contributed by atoms with E-state index >= 15 is 0 Å². The second-order valence-corrected chi connectivity index (χ2v) is 7.78. The van der Waals surface area contributed by atoms with E-state index in [1.54, 1.807) is 23.8 Å². The van der Waals surface area contributed by atoms with Crippen LogP contribution in [0.4, 0.5) is 20.2 Å². The summed E-state index contributed by atoms with van der Waals surface area (Å²) in [5.41, 5.74) is 2.39. The highest BCUT2D eigenvalue weighted by Gasteiger charge is 2.13. The van der Waals surface area contributed by atoms with E-state index < -0.39 is 17.5 Å². The summed E-state index contributed by atoms with van der Waals surface area (Å²) in [7, 11) is 1.58. The fraction of sp³-hybridized carbons (Fsp3) is 0.115. The van der Waals surface area contributed by atoms with Crippen LogP contribution in [0.15, 0.2) is 79.3 Å². The van der Waals surface area contributed by atoms with E-state index in [9.17, 15) is 18.4 Å². The van der Waals surface area contributed by atoms with Gasteiger partial charge in [-0.15, -0.1) is 0 Å². The molecule has 0 spiro atoms. The zero-order chi connectivity index (χ0) is 24.8. The Balaban J connectivity index is 1.32. The number of methoxy groups -OCH3 is 1. The number of rotatable bonds is 8. The predicted molar refractivity (Wildman–Crippen MR) is 127 cm³/mol. The maximum Gasteiger partial charge on any atom is 0.275 e. The maximum absolute atomic E-state index is 13.8. The molecule has 0 aliphatic rings. The summed E-state index contributed by atoms with van der Waals surface area (Å²) in [5, 5.41) is 5.24. The number of hydrogen-bond acceptors (Lipinski definition) is 4. The summed E-state index contributed by atoms with van der Waals surface area (Å²) in [6, 6.07) is 17.5. The molecule has 0 saturated heterocycles. The third kappa shape index (κ3) is 6.29. The molecule has 1 aromatic heterocycles. The Morgan fingerprint density at radius 2 is 1.77 bits per heavy atom. The Labute approximate surface area is 200 Å². The molecule has 0 fully saturated rings. The number of carbonyl (C=O) groups excluding carboxylic acids is 2. The fourth-order valence-electron chi connectivity index (χ4n) is 3.42. The normalized spacial score (nSPS) is 10.6. The number of ether oxygens (including phenoxy) is 1. The van der Waals surface area contributed by atoms with E-state index in [-0.39, 0.29) is 23.7 Å². The lowest BCUT2D eigenvalue weighted by molar-refractivity contribution is -0.115. The first kappa shape index (κ1) is 23.6. The van der Waals surface area contributed by atoms with Gasteiger partial charge in [0.15, 0.2) is 0 Å². The number of benzene rings is 3. The zero-order valence-corrected chi connectivity index (χ0v) is 18.8. The average molecular weight is 476 g/mol. The van der Waals surface area contributed by atoms with Crippen LogP contribution in [0.2, 0.25) is 0 Å². The van der Waals surface area contributed by atoms with Crippen molar-refractivity contribution < 1.29 is 23.1 Å². The highest BCUT2D eigenvalue weighted by atomic mass is 19.1. The summed E-state index contributed by atoms with van der Waals surface area (Å²) in [5.74, 6) is -1.65. The van der Waals surface area contributed by atoms with Gasteiger partial charge in [-0.25, -0.2) is 13.8 Å². The summed E-state index contributed by atoms with van der Waals surface area (Å²) < 4.78 is 33.7. The number of hydrogen-bond donors (Lipinski definition) is 2. The number of nitrogens with zero attached hydrogens (tertiary/aromatic N) is 2. The van der Waals surface area contributed by atoms with Gasteiger partial charge in [-0.1, -0.05) is 24.3 Å². The van der Waals surface area contributed by atoms with Crippen molar-refractivity contribution in [2.24, 2.45) is 0 Å². The lowest BCUT2D eigenvalue weighted by atomic mass is 10.1. The van der Waals surface area contributed by atoms with Gasteiger partial charge in [-0.3, -0.25) is 9.59 Å². The Hall–Kier alpha value is -4.53. The number of imidazole rings is 1. The molecule has 0 saturated carbocycles. The lowest BCUT2D eigenvalue weighted by Crippen LogP contribution is -2.14. The van der Waals surface area contributed by atoms with Crippen molar-refractivity contribution in [1.29, 1.82) is 0 Å². The Morgan fingerprint density at radius 3 is 2.51 bits per heavy atom. The third-order valence-electron chi connectivity index (χ3n) is 5.15. The largest absolute Gasteiger partial charge is 0.497 e. The predicted octanol–water partition coefficient (Wildman–Crippen LogP) is 4.65. The molecule has 7 nitrogen and oxygen atoms in total. The van der Waals surface area contributed by atoms with Crippen molar-refractivity contribution in [3.8, 4) is 5.75 Å². The number of halogens is 2. The summed E-state index contributed by atoms with van der Waals surface area (Å²) in [6.45, 7) is 0.434. The molecule has 0 aliphatic carbocycles. The van der Waals surface area contributed by atoms with Crippen LogP contribution in [0.25, 0.3) is 0 Å². The fourth-order valence-corrected chi connectivity index (χ4v) is 3.42. The van der Waals surface area contributed by atoms with Gasteiger partial charge in [0.2, 0.25) is 5.91 Å². The summed E-state index contributed by atoms with van der Waals surface area (Å²) >= 11 is 0. The zero-order valence-electron chi connectivity index (χ0n) is 18.8. The van der Waals surface area contributed by atoms with E-state index in [1.807, 2.05) is 36.4 Å². The topological polar surface area (TPSA) is 85.2 Å². The first-order valence-corrected chi connectivity index (χ1v) is 10.7. The monoisotopic (exact) mass is 476 g/mol. The van der Waals surface area contributed by atoms with Crippen LogP contribution in [-0.2, 0) is 17.8 Å². The lowest BCUT2D eigenvalue weighted by Gasteiger charge is -2.08. The van der Waals surface area contributed by atoms with E-state index in [0.29, 0.717) is 24.0 Å². The molecule has 1 heterocycles. The summed E-state index contributed by atoms with van der Waals surface area (Å²) in [4.78, 5) is 28.7. The van der Waals surface area contributed by atoms with Crippen LogP contribution >= 0.6 is 0 Å². The first-order chi connectivity index (χ1) is 16.9. The van der Waals surface area contributed by atoms with Crippen molar-refractivity contribution in [1.82, 2.24) is 9.55 Å². The van der Waals surface area contributed by atoms with Crippen molar-refractivity contribution in [3.63, 3.8) is 0 Å². The van der Waals surface area contributed by atoms with Crippen LogP contribution in [0.1, 0.15) is 21.6 Å². The maximum atomic E-state index is 13.8. The molecule has 0 atom stereocenters. The Kier molecular flexibility index (Phi) is 7.15. The smallest absolute Gasteiger partial charge is 0.275 e.